The van der Waals surface area contributed by atoms with E-state index in [9.17, 15) is 13.2 Å². The lowest BCUT2D eigenvalue weighted by atomic mass is 10.1. The fourth-order valence-electron chi connectivity index (χ4n) is 1.79. The minimum absolute atomic E-state index is 0.0935. The maximum absolute atomic E-state index is 13.8. The van der Waals surface area contributed by atoms with Gasteiger partial charge in [-0.05, 0) is 42.8 Å². The van der Waals surface area contributed by atoms with Gasteiger partial charge in [-0.1, -0.05) is 12.2 Å². The monoisotopic (exact) mass is 296 g/mol. The van der Waals surface area contributed by atoms with Crippen LogP contribution in [-0.4, -0.2) is 4.99 Å². The molecule has 2 nitrogen and oxygen atoms in total. The Labute approximate surface area is 119 Å². The quantitative estimate of drug-likeness (QED) is 0.846. The number of nitrogens with two attached hydrogens (primary N) is 1. The van der Waals surface area contributed by atoms with Crippen LogP contribution in [-0.2, 0) is 0 Å². The lowest BCUT2D eigenvalue weighted by molar-refractivity contribution is 0.590. The summed E-state index contributed by atoms with van der Waals surface area (Å²) >= 11 is 4.66. The van der Waals surface area contributed by atoms with Crippen molar-refractivity contribution in [1.29, 1.82) is 0 Å². The number of rotatable bonds is 3. The average Bonchev–Trinajstić information content (AvgIpc) is 2.32. The SMILES string of the molecule is Cc1cc(F)cc(Nc2c(F)cc(C(N)=S)cc2F)c1. The largest absolute Gasteiger partial charge is 0.389 e. The van der Waals surface area contributed by atoms with Crippen LogP contribution in [0.25, 0.3) is 0 Å². The van der Waals surface area contributed by atoms with Crippen molar-refractivity contribution < 1.29 is 13.2 Å². The molecule has 0 aliphatic rings. The number of hydrogen-bond acceptors (Lipinski definition) is 2. The smallest absolute Gasteiger partial charge is 0.150 e. The lowest BCUT2D eigenvalue weighted by Gasteiger charge is -2.11. The maximum atomic E-state index is 13.8. The van der Waals surface area contributed by atoms with Gasteiger partial charge in [-0.15, -0.1) is 0 Å². The van der Waals surface area contributed by atoms with Crippen molar-refractivity contribution in [3.8, 4) is 0 Å². The van der Waals surface area contributed by atoms with Crippen molar-refractivity contribution in [3.63, 3.8) is 0 Å². The van der Waals surface area contributed by atoms with E-state index in [2.05, 4.69) is 17.5 Å². The first kappa shape index (κ1) is 14.3. The van der Waals surface area contributed by atoms with Gasteiger partial charge in [0, 0.05) is 11.3 Å². The highest BCUT2D eigenvalue weighted by Crippen LogP contribution is 2.26. The van der Waals surface area contributed by atoms with Crippen LogP contribution in [0.3, 0.4) is 0 Å². The molecule has 0 saturated carbocycles. The standard InChI is InChI=1S/C14H11F3N2S/c1-7-2-9(15)6-10(3-7)19-13-11(16)4-8(14(18)20)5-12(13)17/h2-6,19H,1H3,(H2,18,20). The molecule has 104 valence electrons. The molecule has 2 aromatic rings. The minimum atomic E-state index is -0.852. The molecule has 2 rings (SSSR count). The molecule has 0 fully saturated rings. The minimum Gasteiger partial charge on any atom is -0.389 e. The Bertz CT molecular complexity index is 643. The Morgan fingerprint density at radius 1 is 1.05 bits per heavy atom. The summed E-state index contributed by atoms with van der Waals surface area (Å²) in [5.74, 6) is -2.20. The van der Waals surface area contributed by atoms with Crippen LogP contribution in [0.5, 0.6) is 0 Å². The third-order valence-electron chi connectivity index (χ3n) is 2.64. The zero-order valence-electron chi connectivity index (χ0n) is 10.5. The lowest BCUT2D eigenvalue weighted by Crippen LogP contribution is -2.11. The molecule has 0 aliphatic heterocycles. The number of benzene rings is 2. The molecule has 0 unspecified atom stereocenters. The second kappa shape index (κ2) is 5.50. The van der Waals surface area contributed by atoms with Gasteiger partial charge in [0.15, 0.2) is 0 Å². The summed E-state index contributed by atoms with van der Waals surface area (Å²) in [4.78, 5) is -0.101. The van der Waals surface area contributed by atoms with Crippen molar-refractivity contribution >= 4 is 28.6 Å². The molecule has 6 heteroatoms. The van der Waals surface area contributed by atoms with E-state index in [1.54, 1.807) is 13.0 Å². The van der Waals surface area contributed by atoms with Crippen LogP contribution in [0.2, 0.25) is 0 Å². The number of hydrogen-bond donors (Lipinski definition) is 2. The number of nitrogens with one attached hydrogen (secondary N) is 1. The van der Waals surface area contributed by atoms with E-state index in [-0.39, 0.29) is 21.9 Å². The first-order valence-corrected chi connectivity index (χ1v) is 6.10. The van der Waals surface area contributed by atoms with E-state index in [1.165, 1.54) is 6.07 Å². The van der Waals surface area contributed by atoms with Crippen molar-refractivity contribution in [1.82, 2.24) is 0 Å². The molecule has 0 radical (unpaired) electrons. The van der Waals surface area contributed by atoms with Gasteiger partial charge < -0.3 is 11.1 Å². The van der Waals surface area contributed by atoms with E-state index in [0.29, 0.717) is 5.56 Å². The van der Waals surface area contributed by atoms with E-state index in [0.717, 1.165) is 18.2 Å². The summed E-state index contributed by atoms with van der Waals surface area (Å²) < 4.78 is 40.9. The highest BCUT2D eigenvalue weighted by atomic mass is 32.1. The summed E-state index contributed by atoms with van der Waals surface area (Å²) in [6.07, 6.45) is 0. The van der Waals surface area contributed by atoms with Crippen LogP contribution in [0.15, 0.2) is 30.3 Å². The van der Waals surface area contributed by atoms with Gasteiger partial charge in [0.1, 0.15) is 28.1 Å². The van der Waals surface area contributed by atoms with Crippen molar-refractivity contribution in [2.45, 2.75) is 6.92 Å². The number of aryl methyl sites for hydroxylation is 1. The molecule has 0 saturated heterocycles. The highest BCUT2D eigenvalue weighted by Gasteiger charge is 2.13. The van der Waals surface area contributed by atoms with E-state index in [4.69, 9.17) is 5.73 Å². The molecular weight excluding hydrogens is 285 g/mol. The molecule has 0 aromatic heterocycles. The molecule has 3 N–H and O–H groups in total. The van der Waals surface area contributed by atoms with Crippen LogP contribution in [0.4, 0.5) is 24.5 Å². The average molecular weight is 296 g/mol. The zero-order valence-corrected chi connectivity index (χ0v) is 11.3. The second-order valence-corrected chi connectivity index (χ2v) is 4.76. The Balaban J connectivity index is 2.41. The molecule has 0 bridgehead atoms. The molecule has 0 atom stereocenters. The van der Waals surface area contributed by atoms with Crippen LogP contribution < -0.4 is 11.1 Å². The van der Waals surface area contributed by atoms with E-state index < -0.39 is 17.5 Å². The van der Waals surface area contributed by atoms with Gasteiger partial charge >= 0.3 is 0 Å². The molecular formula is C14H11F3N2S. The summed E-state index contributed by atoms with van der Waals surface area (Å²) in [6.45, 7) is 1.68. The Morgan fingerprint density at radius 3 is 2.15 bits per heavy atom. The molecule has 0 spiro atoms. The predicted molar refractivity (Wildman–Crippen MR) is 76.7 cm³/mol. The summed E-state index contributed by atoms with van der Waals surface area (Å²) in [5.41, 5.74) is 5.92. The van der Waals surface area contributed by atoms with Gasteiger partial charge in [0.25, 0.3) is 0 Å². The van der Waals surface area contributed by atoms with Crippen LogP contribution >= 0.6 is 12.2 Å². The molecule has 2 aromatic carbocycles. The van der Waals surface area contributed by atoms with Crippen molar-refractivity contribution in [2.24, 2.45) is 5.73 Å². The Morgan fingerprint density at radius 2 is 1.65 bits per heavy atom. The zero-order chi connectivity index (χ0) is 14.9. The van der Waals surface area contributed by atoms with E-state index in [1.807, 2.05) is 0 Å². The Hall–Kier alpha value is -2.08. The third kappa shape index (κ3) is 3.08. The van der Waals surface area contributed by atoms with Gasteiger partial charge in [0.05, 0.1) is 0 Å². The normalized spacial score (nSPS) is 10.4. The summed E-state index contributed by atoms with van der Waals surface area (Å²) in [5, 5.41) is 2.51. The van der Waals surface area contributed by atoms with E-state index >= 15 is 0 Å². The van der Waals surface area contributed by atoms with Gasteiger partial charge in [-0.25, -0.2) is 13.2 Å². The van der Waals surface area contributed by atoms with Gasteiger partial charge in [-0.2, -0.15) is 0 Å². The second-order valence-electron chi connectivity index (χ2n) is 4.32. The summed E-state index contributed by atoms with van der Waals surface area (Å²) in [6, 6.07) is 6.09. The number of halogens is 3. The summed E-state index contributed by atoms with van der Waals surface area (Å²) in [7, 11) is 0. The highest BCUT2D eigenvalue weighted by molar-refractivity contribution is 7.80. The molecule has 20 heavy (non-hydrogen) atoms. The van der Waals surface area contributed by atoms with Crippen LogP contribution in [0, 0.1) is 24.4 Å². The first-order valence-electron chi connectivity index (χ1n) is 5.70. The topological polar surface area (TPSA) is 38.0 Å². The van der Waals surface area contributed by atoms with Gasteiger partial charge in [0.2, 0.25) is 0 Å². The first-order chi connectivity index (χ1) is 9.36. The fourth-order valence-corrected chi connectivity index (χ4v) is 1.91. The van der Waals surface area contributed by atoms with Crippen molar-refractivity contribution in [3.05, 3.63) is 58.9 Å². The van der Waals surface area contributed by atoms with Gasteiger partial charge in [-0.3, -0.25) is 0 Å². The number of thiocarbonyl (C=S) groups is 1. The van der Waals surface area contributed by atoms with Crippen LogP contribution in [0.1, 0.15) is 11.1 Å². The molecule has 0 heterocycles. The fraction of sp³-hybridized carbons (Fsp3) is 0.0714. The predicted octanol–water partition coefficient (Wildman–Crippen LogP) is 3.79. The Kier molecular flexibility index (Phi) is 3.94. The maximum Gasteiger partial charge on any atom is 0.150 e. The molecule has 0 amide bonds. The van der Waals surface area contributed by atoms with Crippen molar-refractivity contribution in [2.75, 3.05) is 5.32 Å². The number of anilines is 2. The third-order valence-corrected chi connectivity index (χ3v) is 2.87. The molecule has 0 aliphatic carbocycles.